The zero-order valence-corrected chi connectivity index (χ0v) is 63.2. The number of hydrogen-bond acceptors (Lipinski definition) is 11. The lowest BCUT2D eigenvalue weighted by Gasteiger charge is -2.13. The molecule has 0 bridgehead atoms. The van der Waals surface area contributed by atoms with Gasteiger partial charge in [0.05, 0.1) is 31.9 Å². The molecule has 2 aromatic heterocycles. The molecule has 548 valence electrons. The number of nitrogens with one attached hydrogen (secondary N) is 2. The van der Waals surface area contributed by atoms with Crippen molar-refractivity contribution in [1.82, 2.24) is 19.8 Å². The fourth-order valence-corrected chi connectivity index (χ4v) is 13.9. The Balaban J connectivity index is 0.000000168. The highest BCUT2D eigenvalue weighted by atomic mass is 79.9. The standard InChI is InChI=1S/C32H39N3O2.C28H34BrN3O2.C28H35N3O2/c1-3-5-6-7-8-22-9-11-29-25(16-22)20-26-17-23(10-12-30(26)29)24-18-27(31(36)34-14-4-2)21-28(19-24)32(37)35-15-13-33;1-2-3-13-33-23-15-21(16-24(19-23)34-14-5-11-31)20-6-8-25-26-9-7-22(29)18-28(26)32(12-4-10-30)27(25)17-20;1-2-3-15-32-23-17-22(18-24(20-23)33-16-7-13-30)21-10-11-28-26(19-21)25-8-4-5-9-27(25)31(28)14-6-12-29/h9-12,16-19,21H,3-8,13-15,20,33H2,1-2H3,(H,34,36)(H,35,37);6-9,15-19H,2-5,10-14,30-31H2,1H3;4-5,8-11,17-20H,2-3,6-7,12-16,29-30H2,1H3. The van der Waals surface area contributed by atoms with Crippen LogP contribution >= 0.6 is 15.9 Å². The Morgan fingerprint density at radius 3 is 1.45 bits per heavy atom. The molecule has 0 saturated heterocycles. The van der Waals surface area contributed by atoms with E-state index in [9.17, 15) is 9.59 Å². The van der Waals surface area contributed by atoms with Crippen LogP contribution in [-0.2, 0) is 25.9 Å². The van der Waals surface area contributed by atoms with Crippen molar-refractivity contribution in [3.05, 3.63) is 202 Å². The van der Waals surface area contributed by atoms with Gasteiger partial charge in [0.25, 0.3) is 11.8 Å². The van der Waals surface area contributed by atoms with E-state index < -0.39 is 0 Å². The number of benzene rings is 9. The Kier molecular flexibility index (Phi) is 29.7. The largest absolute Gasteiger partial charge is 0.493 e. The van der Waals surface area contributed by atoms with Gasteiger partial charge in [0.1, 0.15) is 23.0 Å². The fourth-order valence-electron chi connectivity index (χ4n) is 13.5. The summed E-state index contributed by atoms with van der Waals surface area (Å²) in [4.78, 5) is 25.5. The monoisotopic (exact) mass is 1470 g/mol. The zero-order valence-electron chi connectivity index (χ0n) is 61.6. The molecular weight excluding hydrogens is 1360 g/mol. The number of fused-ring (bicyclic) bond motifs is 9. The summed E-state index contributed by atoms with van der Waals surface area (Å²) in [7, 11) is 0. The molecule has 2 heterocycles. The predicted octanol–water partition coefficient (Wildman–Crippen LogP) is 18.1. The zero-order chi connectivity index (χ0) is 73.2. The fraction of sp³-hybridized carbons (Fsp3) is 0.364. The van der Waals surface area contributed by atoms with Gasteiger partial charge in [-0.25, -0.2) is 0 Å². The Morgan fingerprint density at radius 1 is 0.385 bits per heavy atom. The molecule has 0 radical (unpaired) electrons. The van der Waals surface area contributed by atoms with E-state index in [0.29, 0.717) is 83.4 Å². The first-order valence-electron chi connectivity index (χ1n) is 37.9. The number of aromatic nitrogens is 2. The van der Waals surface area contributed by atoms with Crippen molar-refractivity contribution in [1.29, 1.82) is 0 Å². The van der Waals surface area contributed by atoms with Crippen LogP contribution in [0.4, 0.5) is 0 Å². The molecule has 1 aliphatic carbocycles. The normalized spacial score (nSPS) is 11.5. The number of ether oxygens (including phenoxy) is 4. The number of hydrogen-bond donors (Lipinski definition) is 7. The van der Waals surface area contributed by atoms with Gasteiger partial charge < -0.3 is 67.4 Å². The topological polar surface area (TPSA) is 235 Å². The van der Waals surface area contributed by atoms with E-state index in [1.54, 1.807) is 6.07 Å². The van der Waals surface area contributed by atoms with Crippen molar-refractivity contribution >= 4 is 71.4 Å². The van der Waals surface area contributed by atoms with E-state index in [0.717, 1.165) is 145 Å². The third-order valence-corrected chi connectivity index (χ3v) is 19.5. The van der Waals surface area contributed by atoms with Gasteiger partial charge in [-0.05, 0) is 230 Å². The number of carbonyl (C=O) groups is 2. The Bertz CT molecular complexity index is 4540. The summed E-state index contributed by atoms with van der Waals surface area (Å²) in [6.45, 7) is 16.9. The molecule has 0 aliphatic heterocycles. The van der Waals surface area contributed by atoms with Crippen LogP contribution in [0.25, 0.3) is 88.1 Å². The summed E-state index contributed by atoms with van der Waals surface area (Å²) in [6.07, 6.45) is 15.8. The first-order chi connectivity index (χ1) is 50.9. The lowest BCUT2D eigenvalue weighted by molar-refractivity contribution is 0.0953. The first-order valence-corrected chi connectivity index (χ1v) is 38.7. The summed E-state index contributed by atoms with van der Waals surface area (Å²) in [5.74, 6) is 2.91. The molecule has 0 saturated carbocycles. The summed E-state index contributed by atoms with van der Waals surface area (Å²) >= 11 is 3.64. The van der Waals surface area contributed by atoms with Crippen molar-refractivity contribution in [2.24, 2.45) is 28.7 Å². The second kappa shape index (κ2) is 39.8. The van der Waals surface area contributed by atoms with Crippen LogP contribution in [0.1, 0.15) is 149 Å². The van der Waals surface area contributed by atoms with E-state index >= 15 is 0 Å². The molecule has 16 heteroatoms. The van der Waals surface area contributed by atoms with E-state index in [-0.39, 0.29) is 11.8 Å². The van der Waals surface area contributed by atoms with Crippen molar-refractivity contribution in [3.8, 4) is 67.5 Å². The van der Waals surface area contributed by atoms with Gasteiger partial charge in [-0.15, -0.1) is 0 Å². The van der Waals surface area contributed by atoms with Crippen LogP contribution in [0.3, 0.4) is 0 Å². The van der Waals surface area contributed by atoms with Crippen LogP contribution < -0.4 is 58.2 Å². The van der Waals surface area contributed by atoms with Gasteiger partial charge in [-0.2, -0.15) is 0 Å². The van der Waals surface area contributed by atoms with Gasteiger partial charge >= 0.3 is 0 Å². The van der Waals surface area contributed by atoms with Gasteiger partial charge in [-0.3, -0.25) is 9.59 Å². The molecule has 0 atom stereocenters. The number of rotatable bonds is 36. The minimum Gasteiger partial charge on any atom is -0.493 e. The van der Waals surface area contributed by atoms with Crippen molar-refractivity contribution < 1.29 is 28.5 Å². The van der Waals surface area contributed by atoms with Gasteiger partial charge in [0, 0.05) is 98.6 Å². The molecule has 2 amide bonds. The van der Waals surface area contributed by atoms with Gasteiger partial charge in [0.2, 0.25) is 0 Å². The highest BCUT2D eigenvalue weighted by Gasteiger charge is 2.22. The minimum atomic E-state index is -0.225. The van der Waals surface area contributed by atoms with E-state index in [2.05, 4.69) is 196 Å². The highest BCUT2D eigenvalue weighted by molar-refractivity contribution is 9.10. The smallest absolute Gasteiger partial charge is 0.251 e. The molecule has 1 aliphatic rings. The molecule has 11 aromatic rings. The molecule has 12 N–H and O–H groups in total. The maximum atomic E-state index is 12.8. The van der Waals surface area contributed by atoms with Crippen LogP contribution in [0, 0.1) is 0 Å². The lowest BCUT2D eigenvalue weighted by Crippen LogP contribution is -2.29. The van der Waals surface area contributed by atoms with Crippen LogP contribution in [0.5, 0.6) is 23.0 Å². The predicted molar refractivity (Wildman–Crippen MR) is 436 cm³/mol. The van der Waals surface area contributed by atoms with Crippen LogP contribution in [-0.4, -0.2) is 93.2 Å². The molecule has 9 aromatic carbocycles. The van der Waals surface area contributed by atoms with E-state index in [1.807, 2.05) is 31.2 Å². The molecule has 12 rings (SSSR count). The molecule has 0 fully saturated rings. The lowest BCUT2D eigenvalue weighted by atomic mass is 9.95. The van der Waals surface area contributed by atoms with Gasteiger partial charge in [0.15, 0.2) is 0 Å². The number of amides is 2. The van der Waals surface area contributed by atoms with Gasteiger partial charge in [-0.1, -0.05) is 155 Å². The van der Waals surface area contributed by atoms with Crippen LogP contribution in [0.15, 0.2) is 174 Å². The van der Waals surface area contributed by atoms with Crippen LogP contribution in [0.2, 0.25) is 0 Å². The third kappa shape index (κ3) is 20.3. The Labute approximate surface area is 623 Å². The number of nitrogens with zero attached hydrogens (tertiary/aromatic N) is 2. The Morgan fingerprint density at radius 2 is 0.865 bits per heavy atom. The number of para-hydroxylation sites is 1. The maximum absolute atomic E-state index is 12.8. The number of unbranched alkanes of at least 4 members (excludes halogenated alkanes) is 5. The second-order valence-corrected chi connectivity index (χ2v) is 27.9. The second-order valence-electron chi connectivity index (χ2n) is 27.0. The average Bonchev–Trinajstić information content (AvgIpc) is 1.62. The summed E-state index contributed by atoms with van der Waals surface area (Å²) in [6, 6.07) is 59.6. The SMILES string of the molecule is CCCCCCc1ccc2c(c1)Cc1cc(-c3cc(C(=O)NCCC)cc(C(=O)NCCN)c3)ccc1-2.CCCCOc1cc(OCCCN)cc(-c2ccc3c(c2)c2ccccc2n3CCCN)c1.CCCCOc1cc(OCCCN)cc(-c2ccc3c4ccc(Br)cc4n(CCCN)c3c2)c1. The van der Waals surface area contributed by atoms with Crippen molar-refractivity contribution in [3.63, 3.8) is 0 Å². The van der Waals surface area contributed by atoms with Crippen molar-refractivity contribution in [2.45, 2.75) is 137 Å². The molecule has 104 heavy (non-hydrogen) atoms. The van der Waals surface area contributed by atoms with E-state index in [4.69, 9.17) is 47.6 Å². The summed E-state index contributed by atoms with van der Waals surface area (Å²) < 4.78 is 29.9. The first kappa shape index (κ1) is 77.6. The molecule has 0 spiro atoms. The Hall–Kier alpha value is -9.00. The molecule has 0 unspecified atom stereocenters. The van der Waals surface area contributed by atoms with Crippen molar-refractivity contribution in [2.75, 3.05) is 72.2 Å². The maximum Gasteiger partial charge on any atom is 0.251 e. The van der Waals surface area contributed by atoms with E-state index in [1.165, 1.54) is 97.1 Å². The summed E-state index contributed by atoms with van der Waals surface area (Å²) in [5.41, 5.74) is 47.4. The quantitative estimate of drug-likeness (QED) is 0.0182. The molecule has 15 nitrogen and oxygen atoms in total. The third-order valence-electron chi connectivity index (χ3n) is 19.0. The number of carbonyl (C=O) groups excluding carboxylic acids is 2. The highest BCUT2D eigenvalue weighted by Crippen LogP contribution is 2.42. The number of aryl methyl sites for hydroxylation is 3. The molecular formula is C88H108BrN9O6. The minimum absolute atomic E-state index is 0.170. The number of nitrogens with two attached hydrogens (primary N) is 5. The average molecular weight is 1470 g/mol. The summed E-state index contributed by atoms with van der Waals surface area (Å²) in [5, 5.41) is 10.8. The number of halogens is 1.